The molecule has 0 amide bonds. The number of hydrogen-bond donors (Lipinski definition) is 1. The number of halogens is 2. The van der Waals surface area contributed by atoms with Crippen molar-refractivity contribution >= 4 is 22.7 Å². The van der Waals surface area contributed by atoms with Crippen molar-refractivity contribution in [3.05, 3.63) is 28.9 Å². The van der Waals surface area contributed by atoms with Crippen molar-refractivity contribution in [1.82, 2.24) is 4.98 Å². The average molecular weight is 229 g/mol. The Balaban J connectivity index is 2.60. The Hall–Kier alpha value is -1.13. The molecule has 0 aliphatic heterocycles. The van der Waals surface area contributed by atoms with Gasteiger partial charge in [0.2, 0.25) is 0 Å². The first-order chi connectivity index (χ1) is 7.11. The van der Waals surface area contributed by atoms with Crippen LogP contribution in [0.3, 0.4) is 0 Å². The lowest BCUT2D eigenvalue weighted by molar-refractivity contribution is 0.489. The van der Waals surface area contributed by atoms with Crippen LogP contribution in [-0.4, -0.2) is 11.5 Å². The SMILES string of the molecule is CC(CN)c1nc2cc(F)cc(Cl)c2o1. The summed E-state index contributed by atoms with van der Waals surface area (Å²) < 4.78 is 18.4. The molecule has 1 aromatic heterocycles. The van der Waals surface area contributed by atoms with Gasteiger partial charge in [0, 0.05) is 18.5 Å². The molecule has 0 aliphatic rings. The van der Waals surface area contributed by atoms with Gasteiger partial charge in [0.25, 0.3) is 0 Å². The molecular formula is C10H10ClFN2O. The van der Waals surface area contributed by atoms with Gasteiger partial charge in [0.15, 0.2) is 11.5 Å². The number of rotatable bonds is 2. The smallest absolute Gasteiger partial charge is 0.199 e. The third kappa shape index (κ3) is 1.82. The van der Waals surface area contributed by atoms with E-state index in [4.69, 9.17) is 21.8 Å². The maximum atomic E-state index is 13.0. The van der Waals surface area contributed by atoms with E-state index in [-0.39, 0.29) is 10.9 Å². The topological polar surface area (TPSA) is 52.0 Å². The number of oxazole rings is 1. The molecule has 0 saturated heterocycles. The first-order valence-corrected chi connectivity index (χ1v) is 4.95. The van der Waals surface area contributed by atoms with Crippen LogP contribution in [-0.2, 0) is 0 Å². The number of hydrogen-bond acceptors (Lipinski definition) is 3. The van der Waals surface area contributed by atoms with Crippen molar-refractivity contribution < 1.29 is 8.81 Å². The quantitative estimate of drug-likeness (QED) is 0.860. The Labute approximate surface area is 91.0 Å². The fraction of sp³-hybridized carbons (Fsp3) is 0.300. The summed E-state index contributed by atoms with van der Waals surface area (Å²) in [5.74, 6) is 0.0595. The van der Waals surface area contributed by atoms with Crippen LogP contribution < -0.4 is 5.73 Å². The van der Waals surface area contributed by atoms with Gasteiger partial charge in [-0.1, -0.05) is 18.5 Å². The van der Waals surface area contributed by atoms with Crippen molar-refractivity contribution in [3.63, 3.8) is 0 Å². The molecule has 0 radical (unpaired) electrons. The van der Waals surface area contributed by atoms with E-state index in [0.29, 0.717) is 23.5 Å². The molecule has 2 N–H and O–H groups in total. The number of fused-ring (bicyclic) bond motifs is 1. The minimum Gasteiger partial charge on any atom is -0.439 e. The number of benzene rings is 1. The first-order valence-electron chi connectivity index (χ1n) is 4.57. The Morgan fingerprint density at radius 2 is 2.33 bits per heavy atom. The van der Waals surface area contributed by atoms with Crippen LogP contribution in [0.5, 0.6) is 0 Å². The van der Waals surface area contributed by atoms with Crippen molar-refractivity contribution in [2.45, 2.75) is 12.8 Å². The molecule has 0 spiro atoms. The first kappa shape index (κ1) is 10.4. The van der Waals surface area contributed by atoms with Gasteiger partial charge in [-0.3, -0.25) is 0 Å². The van der Waals surface area contributed by atoms with Gasteiger partial charge < -0.3 is 10.2 Å². The summed E-state index contributed by atoms with van der Waals surface area (Å²) in [7, 11) is 0. The second-order valence-electron chi connectivity index (χ2n) is 3.42. The Kier molecular flexibility index (Phi) is 2.63. The number of aromatic nitrogens is 1. The van der Waals surface area contributed by atoms with E-state index in [2.05, 4.69) is 4.98 Å². The normalized spacial score (nSPS) is 13.3. The molecule has 0 saturated carbocycles. The molecule has 5 heteroatoms. The Bertz CT molecular complexity index is 497. The fourth-order valence-corrected chi connectivity index (χ4v) is 1.53. The molecule has 3 nitrogen and oxygen atoms in total. The largest absolute Gasteiger partial charge is 0.439 e. The Morgan fingerprint density at radius 3 is 3.00 bits per heavy atom. The predicted octanol–water partition coefficient (Wildman–Crippen LogP) is 2.68. The van der Waals surface area contributed by atoms with Crippen LogP contribution in [0.15, 0.2) is 16.5 Å². The molecule has 0 bridgehead atoms. The van der Waals surface area contributed by atoms with Crippen LogP contribution in [0.1, 0.15) is 18.7 Å². The van der Waals surface area contributed by atoms with Gasteiger partial charge in [-0.05, 0) is 6.07 Å². The molecular weight excluding hydrogens is 219 g/mol. The fourth-order valence-electron chi connectivity index (χ4n) is 1.29. The van der Waals surface area contributed by atoms with Crippen LogP contribution in [0.4, 0.5) is 4.39 Å². The van der Waals surface area contributed by atoms with E-state index >= 15 is 0 Å². The second kappa shape index (κ2) is 3.79. The van der Waals surface area contributed by atoms with Crippen LogP contribution >= 0.6 is 11.6 Å². The zero-order valence-electron chi connectivity index (χ0n) is 8.13. The molecule has 1 atom stereocenters. The maximum absolute atomic E-state index is 13.0. The summed E-state index contributed by atoms with van der Waals surface area (Å²) in [6.07, 6.45) is 0. The minimum absolute atomic E-state index is 0.00321. The monoisotopic (exact) mass is 228 g/mol. The number of nitrogens with zero attached hydrogens (tertiary/aromatic N) is 1. The molecule has 1 unspecified atom stereocenters. The lowest BCUT2D eigenvalue weighted by Gasteiger charge is -2.00. The van der Waals surface area contributed by atoms with Gasteiger partial charge in [0.05, 0.1) is 5.02 Å². The van der Waals surface area contributed by atoms with Gasteiger partial charge in [-0.2, -0.15) is 0 Å². The summed E-state index contributed by atoms with van der Waals surface area (Å²) in [5, 5.41) is 0.230. The highest BCUT2D eigenvalue weighted by Crippen LogP contribution is 2.27. The van der Waals surface area contributed by atoms with E-state index in [1.165, 1.54) is 12.1 Å². The highest BCUT2D eigenvalue weighted by molar-refractivity contribution is 6.34. The summed E-state index contributed by atoms with van der Waals surface area (Å²) in [5.41, 5.74) is 6.32. The van der Waals surface area contributed by atoms with Crippen molar-refractivity contribution in [1.29, 1.82) is 0 Å². The lowest BCUT2D eigenvalue weighted by atomic mass is 10.2. The standard InChI is InChI=1S/C10H10ClFN2O/c1-5(4-13)10-14-8-3-6(12)2-7(11)9(8)15-10/h2-3,5H,4,13H2,1H3. The molecule has 0 fully saturated rings. The van der Waals surface area contributed by atoms with Gasteiger partial charge in [0.1, 0.15) is 11.3 Å². The van der Waals surface area contributed by atoms with E-state index in [9.17, 15) is 4.39 Å². The average Bonchev–Trinajstić information content (AvgIpc) is 2.60. The van der Waals surface area contributed by atoms with E-state index in [1.807, 2.05) is 6.92 Å². The van der Waals surface area contributed by atoms with E-state index in [1.54, 1.807) is 0 Å². The summed E-state index contributed by atoms with van der Waals surface area (Å²) >= 11 is 5.82. The Morgan fingerprint density at radius 1 is 1.60 bits per heavy atom. The van der Waals surface area contributed by atoms with Crippen LogP contribution in [0.25, 0.3) is 11.1 Å². The molecule has 1 aromatic carbocycles. The highest BCUT2D eigenvalue weighted by atomic mass is 35.5. The zero-order valence-corrected chi connectivity index (χ0v) is 8.88. The van der Waals surface area contributed by atoms with Gasteiger partial charge in [-0.15, -0.1) is 0 Å². The maximum Gasteiger partial charge on any atom is 0.199 e. The van der Waals surface area contributed by atoms with Gasteiger partial charge in [-0.25, -0.2) is 9.37 Å². The molecule has 1 heterocycles. The summed E-state index contributed by atoms with van der Waals surface area (Å²) in [4.78, 5) is 4.13. The molecule has 2 aromatic rings. The molecule has 80 valence electrons. The summed E-state index contributed by atoms with van der Waals surface area (Å²) in [6, 6.07) is 2.49. The molecule has 2 rings (SSSR count). The second-order valence-corrected chi connectivity index (χ2v) is 3.83. The van der Waals surface area contributed by atoms with Crippen molar-refractivity contribution in [2.24, 2.45) is 5.73 Å². The summed E-state index contributed by atoms with van der Waals surface area (Å²) in [6.45, 7) is 2.31. The third-order valence-corrected chi connectivity index (χ3v) is 2.48. The van der Waals surface area contributed by atoms with Crippen molar-refractivity contribution in [2.75, 3.05) is 6.54 Å². The van der Waals surface area contributed by atoms with E-state index in [0.717, 1.165) is 0 Å². The van der Waals surface area contributed by atoms with Gasteiger partial charge >= 0.3 is 0 Å². The molecule has 15 heavy (non-hydrogen) atoms. The molecule has 0 aliphatic carbocycles. The van der Waals surface area contributed by atoms with E-state index < -0.39 is 5.82 Å². The minimum atomic E-state index is -0.423. The number of nitrogens with two attached hydrogens (primary N) is 1. The lowest BCUT2D eigenvalue weighted by Crippen LogP contribution is -2.08. The highest BCUT2D eigenvalue weighted by Gasteiger charge is 2.14. The zero-order chi connectivity index (χ0) is 11.0. The van der Waals surface area contributed by atoms with Crippen LogP contribution in [0.2, 0.25) is 5.02 Å². The predicted molar refractivity (Wildman–Crippen MR) is 56.4 cm³/mol. The third-order valence-electron chi connectivity index (χ3n) is 2.20. The van der Waals surface area contributed by atoms with Crippen LogP contribution in [0, 0.1) is 5.82 Å². The van der Waals surface area contributed by atoms with Crippen molar-refractivity contribution in [3.8, 4) is 0 Å².